The fraction of sp³-hybridized carbons (Fsp3) is 0.455. The Kier molecular flexibility index (Phi) is 6.25. The minimum absolute atomic E-state index is 0.0589. The van der Waals surface area contributed by atoms with Gasteiger partial charge in [-0.2, -0.15) is 26.3 Å². The summed E-state index contributed by atoms with van der Waals surface area (Å²) in [6, 6.07) is 8.28. The summed E-state index contributed by atoms with van der Waals surface area (Å²) in [6.45, 7) is 1.43. The van der Waals surface area contributed by atoms with E-state index in [0.29, 0.717) is 37.7 Å². The number of fused-ring (bicyclic) bond motifs is 1. The van der Waals surface area contributed by atoms with Gasteiger partial charge in [0.1, 0.15) is 0 Å². The second-order valence-corrected chi connectivity index (χ2v) is 10.4. The molecule has 1 saturated carbocycles. The lowest BCUT2D eigenvalue weighted by Gasteiger charge is -2.22. The van der Waals surface area contributed by atoms with Gasteiger partial charge in [-0.3, -0.25) is 4.90 Å². The van der Waals surface area contributed by atoms with E-state index in [4.69, 9.17) is 0 Å². The molecule has 1 N–H and O–H groups in total. The lowest BCUT2D eigenvalue weighted by atomic mass is 9.98. The van der Waals surface area contributed by atoms with E-state index in [0.717, 1.165) is 36.8 Å². The molecule has 0 spiro atoms. The molecule has 1 aliphatic carbocycles. The topological polar surface area (TPSA) is 49.4 Å². The minimum atomic E-state index is -4.65. The van der Waals surface area contributed by atoms with Crippen molar-refractivity contribution in [2.75, 3.05) is 13.1 Å². The summed E-state index contributed by atoms with van der Waals surface area (Å²) in [7, 11) is -4.16. The van der Waals surface area contributed by atoms with Gasteiger partial charge in [0.25, 0.3) is 0 Å². The summed E-state index contributed by atoms with van der Waals surface area (Å²) in [6.07, 6.45) is -7.78. The molecule has 0 amide bonds. The van der Waals surface area contributed by atoms with Crippen LogP contribution in [0.2, 0.25) is 0 Å². The highest BCUT2D eigenvalue weighted by Crippen LogP contribution is 2.40. The summed E-state index contributed by atoms with van der Waals surface area (Å²) in [4.78, 5) is 1.55. The van der Waals surface area contributed by atoms with Crippen molar-refractivity contribution in [2.24, 2.45) is 11.8 Å². The number of sulfonamides is 1. The van der Waals surface area contributed by atoms with E-state index >= 15 is 0 Å². The first-order valence-electron chi connectivity index (χ1n) is 10.4. The van der Waals surface area contributed by atoms with E-state index in [-0.39, 0.29) is 11.8 Å². The minimum Gasteiger partial charge on any atom is -0.298 e. The Hall–Kier alpha value is -2.11. The SMILES string of the molecule is O=S(=O)(N[C@@H]1CC[C@H]2CN(Cc3cccc(C(F)(F)F)c3)C[C@H]21)c1cccc(C(F)(F)F)c1. The van der Waals surface area contributed by atoms with Crippen LogP contribution >= 0.6 is 0 Å². The predicted molar refractivity (Wildman–Crippen MR) is 108 cm³/mol. The Morgan fingerprint density at radius 1 is 0.879 bits per heavy atom. The van der Waals surface area contributed by atoms with Crippen LogP contribution < -0.4 is 4.72 Å². The molecular weight excluding hydrogens is 470 g/mol. The largest absolute Gasteiger partial charge is 0.416 e. The van der Waals surface area contributed by atoms with Gasteiger partial charge in [0, 0.05) is 25.7 Å². The van der Waals surface area contributed by atoms with Crippen LogP contribution in [0.1, 0.15) is 29.5 Å². The highest BCUT2D eigenvalue weighted by Gasteiger charge is 2.44. The number of rotatable bonds is 5. The smallest absolute Gasteiger partial charge is 0.298 e. The number of benzene rings is 2. The van der Waals surface area contributed by atoms with Crippen LogP contribution in [0, 0.1) is 11.8 Å². The van der Waals surface area contributed by atoms with Gasteiger partial charge in [-0.15, -0.1) is 0 Å². The molecule has 4 rings (SSSR count). The fourth-order valence-corrected chi connectivity index (χ4v) is 6.21. The molecular formula is C22H22F6N2O2S. The molecule has 0 aromatic heterocycles. The number of halogens is 6. The van der Waals surface area contributed by atoms with Gasteiger partial charge in [-0.25, -0.2) is 13.1 Å². The molecule has 4 nitrogen and oxygen atoms in total. The predicted octanol–water partition coefficient (Wildman–Crippen LogP) is 4.91. The van der Waals surface area contributed by atoms with Crippen LogP contribution in [0.4, 0.5) is 26.3 Å². The molecule has 180 valence electrons. The molecule has 0 radical (unpaired) electrons. The summed E-state index contributed by atoms with van der Waals surface area (Å²) in [5.74, 6) is 0.112. The zero-order valence-corrected chi connectivity index (χ0v) is 18.1. The van der Waals surface area contributed by atoms with E-state index in [9.17, 15) is 34.8 Å². The third-order valence-electron chi connectivity index (χ3n) is 6.37. The second kappa shape index (κ2) is 8.59. The molecule has 33 heavy (non-hydrogen) atoms. The number of alkyl halides is 6. The van der Waals surface area contributed by atoms with Gasteiger partial charge in [-0.05, 0) is 54.5 Å². The van der Waals surface area contributed by atoms with Gasteiger partial charge >= 0.3 is 12.4 Å². The first kappa shape index (κ1) is 24.0. The Morgan fingerprint density at radius 3 is 2.18 bits per heavy atom. The normalized spacial score (nSPS) is 24.2. The van der Waals surface area contributed by atoms with Crippen LogP contribution in [-0.4, -0.2) is 32.4 Å². The second-order valence-electron chi connectivity index (χ2n) is 8.65. The van der Waals surface area contributed by atoms with Crippen molar-refractivity contribution in [3.63, 3.8) is 0 Å². The van der Waals surface area contributed by atoms with E-state index in [2.05, 4.69) is 4.72 Å². The lowest BCUT2D eigenvalue weighted by molar-refractivity contribution is -0.138. The highest BCUT2D eigenvalue weighted by atomic mass is 32.2. The summed E-state index contributed by atoms with van der Waals surface area (Å²) >= 11 is 0. The summed E-state index contributed by atoms with van der Waals surface area (Å²) in [5, 5.41) is 0. The third-order valence-corrected chi connectivity index (χ3v) is 7.86. The van der Waals surface area contributed by atoms with Crippen molar-refractivity contribution in [2.45, 2.75) is 42.7 Å². The standard InChI is InChI=1S/C22H22F6N2O2S/c23-21(24,25)16-4-1-3-14(9-16)11-30-12-15-7-8-20(19(15)13-30)29-33(31,32)18-6-2-5-17(10-18)22(26,27)28/h1-6,9-10,15,19-20,29H,7-8,11-13H2/t15-,19+,20+/m0/s1. The van der Waals surface area contributed by atoms with Crippen LogP contribution in [0.5, 0.6) is 0 Å². The van der Waals surface area contributed by atoms with Crippen molar-refractivity contribution in [1.29, 1.82) is 0 Å². The monoisotopic (exact) mass is 492 g/mol. The molecule has 1 saturated heterocycles. The average molecular weight is 492 g/mol. The van der Waals surface area contributed by atoms with Crippen LogP contribution in [0.15, 0.2) is 53.4 Å². The number of nitrogens with zero attached hydrogens (tertiary/aromatic N) is 1. The molecule has 1 aliphatic heterocycles. The summed E-state index contributed by atoms with van der Waals surface area (Å²) in [5.41, 5.74) is -1.24. The van der Waals surface area contributed by atoms with Crippen molar-refractivity contribution >= 4 is 10.0 Å². The van der Waals surface area contributed by atoms with E-state index in [1.165, 1.54) is 6.07 Å². The zero-order chi connectivity index (χ0) is 24.0. The molecule has 2 aliphatic rings. The average Bonchev–Trinajstić information content (AvgIpc) is 3.28. The molecule has 1 heterocycles. The van der Waals surface area contributed by atoms with Gasteiger partial charge < -0.3 is 0 Å². The zero-order valence-electron chi connectivity index (χ0n) is 17.3. The maximum Gasteiger partial charge on any atom is 0.416 e. The molecule has 3 atom stereocenters. The maximum absolute atomic E-state index is 13.0. The Morgan fingerprint density at radius 2 is 1.52 bits per heavy atom. The van der Waals surface area contributed by atoms with Gasteiger partial charge in [0.15, 0.2) is 0 Å². The highest BCUT2D eigenvalue weighted by molar-refractivity contribution is 7.89. The van der Waals surface area contributed by atoms with Crippen molar-refractivity contribution in [3.8, 4) is 0 Å². The summed E-state index contributed by atoms with van der Waals surface area (Å²) < 4.78 is 106. The van der Waals surface area contributed by atoms with Crippen molar-refractivity contribution in [1.82, 2.24) is 9.62 Å². The van der Waals surface area contributed by atoms with E-state index < -0.39 is 44.4 Å². The molecule has 2 aromatic carbocycles. The number of hydrogen-bond acceptors (Lipinski definition) is 3. The fourth-order valence-electron chi connectivity index (χ4n) is 4.84. The van der Waals surface area contributed by atoms with Crippen molar-refractivity contribution in [3.05, 3.63) is 65.2 Å². The van der Waals surface area contributed by atoms with E-state index in [1.807, 2.05) is 4.90 Å². The molecule has 2 aromatic rings. The van der Waals surface area contributed by atoms with Crippen molar-refractivity contribution < 1.29 is 34.8 Å². The number of nitrogens with one attached hydrogen (secondary N) is 1. The van der Waals surface area contributed by atoms with Gasteiger partial charge in [0.2, 0.25) is 10.0 Å². The van der Waals surface area contributed by atoms with Crippen LogP contribution in [0.3, 0.4) is 0 Å². The number of hydrogen-bond donors (Lipinski definition) is 1. The number of likely N-dealkylation sites (tertiary alicyclic amines) is 1. The molecule has 2 fully saturated rings. The first-order chi connectivity index (χ1) is 15.3. The van der Waals surface area contributed by atoms with Crippen LogP contribution in [-0.2, 0) is 28.9 Å². The first-order valence-corrected chi connectivity index (χ1v) is 11.9. The lowest BCUT2D eigenvalue weighted by Crippen LogP contribution is -2.39. The quantitative estimate of drug-likeness (QED) is 0.604. The van der Waals surface area contributed by atoms with Gasteiger partial charge in [-0.1, -0.05) is 24.3 Å². The van der Waals surface area contributed by atoms with E-state index in [1.54, 1.807) is 6.07 Å². The molecule has 11 heteroatoms. The Balaban J connectivity index is 1.43. The van der Waals surface area contributed by atoms with Gasteiger partial charge in [0.05, 0.1) is 16.0 Å². The molecule has 0 bridgehead atoms. The Bertz CT molecular complexity index is 1120. The van der Waals surface area contributed by atoms with Crippen LogP contribution in [0.25, 0.3) is 0 Å². The Labute approximate surface area is 187 Å². The third kappa shape index (κ3) is 5.36. The maximum atomic E-state index is 13.0. The molecule has 0 unspecified atom stereocenters.